The molecular formula is C22H18ClFN6O4. The Labute approximate surface area is 197 Å². The number of benzene rings is 2. The van der Waals surface area contributed by atoms with E-state index in [0.29, 0.717) is 23.3 Å². The molecular weight excluding hydrogens is 467 g/mol. The molecule has 1 saturated heterocycles. The maximum atomic E-state index is 14.1. The number of halogens is 2. The largest absolute Gasteiger partial charge is 0.380 e. The maximum absolute atomic E-state index is 14.1. The van der Waals surface area contributed by atoms with Gasteiger partial charge in [-0.1, -0.05) is 17.7 Å². The first-order valence-corrected chi connectivity index (χ1v) is 10.9. The van der Waals surface area contributed by atoms with Gasteiger partial charge in [0.15, 0.2) is 17.3 Å². The Balaban J connectivity index is 1.42. The highest BCUT2D eigenvalue weighted by Crippen LogP contribution is 2.34. The zero-order valence-electron chi connectivity index (χ0n) is 17.6. The number of rotatable bonds is 6. The summed E-state index contributed by atoms with van der Waals surface area (Å²) in [6, 6.07) is 6.62. The first-order chi connectivity index (χ1) is 16.5. The van der Waals surface area contributed by atoms with Crippen molar-refractivity contribution in [3.8, 4) is 17.0 Å². The van der Waals surface area contributed by atoms with Crippen molar-refractivity contribution in [3.05, 3.63) is 69.9 Å². The monoisotopic (exact) mass is 484 g/mol. The van der Waals surface area contributed by atoms with Gasteiger partial charge in [0.25, 0.3) is 5.69 Å². The third kappa shape index (κ3) is 4.22. The van der Waals surface area contributed by atoms with E-state index in [4.69, 9.17) is 21.2 Å². The van der Waals surface area contributed by atoms with Gasteiger partial charge in [0.1, 0.15) is 16.8 Å². The number of anilines is 1. The molecule has 0 aliphatic carbocycles. The highest BCUT2D eigenvalue weighted by Gasteiger charge is 2.20. The summed E-state index contributed by atoms with van der Waals surface area (Å²) in [4.78, 5) is 24.9. The van der Waals surface area contributed by atoms with E-state index in [1.54, 1.807) is 23.1 Å². The molecule has 0 radical (unpaired) electrons. The van der Waals surface area contributed by atoms with Crippen LogP contribution < -0.4 is 10.3 Å². The average molecular weight is 485 g/mol. The molecule has 3 heterocycles. The number of aromatic nitrogens is 4. The molecule has 34 heavy (non-hydrogen) atoms. The molecule has 0 spiro atoms. The van der Waals surface area contributed by atoms with Crippen LogP contribution in [0.25, 0.3) is 22.3 Å². The minimum absolute atomic E-state index is 0.101. The summed E-state index contributed by atoms with van der Waals surface area (Å²) in [6.45, 7) is 0.706. The molecule has 0 bridgehead atoms. The quantitative estimate of drug-likeness (QED) is 0.289. The minimum atomic E-state index is -0.841. The average Bonchev–Trinajstić information content (AvgIpc) is 3.35. The number of hydrogen-bond donors (Lipinski definition) is 1. The first kappa shape index (κ1) is 22.0. The third-order valence-corrected chi connectivity index (χ3v) is 5.78. The number of para-hydroxylation sites is 1. The van der Waals surface area contributed by atoms with E-state index in [9.17, 15) is 14.5 Å². The Hall–Kier alpha value is -3.83. The van der Waals surface area contributed by atoms with Gasteiger partial charge >= 0.3 is 0 Å². The number of fused-ring (bicyclic) bond motifs is 1. The lowest BCUT2D eigenvalue weighted by molar-refractivity contribution is -0.384. The third-order valence-electron chi connectivity index (χ3n) is 5.42. The summed E-state index contributed by atoms with van der Waals surface area (Å²) in [7, 11) is 0. The standard InChI is InChI=1S/C22H18ClFN6O4/c23-20-18(34-28-21-14(24)4-3-5-17(21)30(31)32)8-7-15-22(20)27-16(11-25-15)13-10-26-29(12-13)19-6-1-2-9-33-19/h3-5,7-8,10-12,19,28H,1-2,6,9H2. The van der Waals surface area contributed by atoms with E-state index < -0.39 is 22.1 Å². The molecule has 1 aliphatic rings. The Morgan fingerprint density at radius 3 is 2.94 bits per heavy atom. The van der Waals surface area contributed by atoms with Gasteiger partial charge in [0, 0.05) is 24.4 Å². The Kier molecular flexibility index (Phi) is 5.95. The summed E-state index contributed by atoms with van der Waals surface area (Å²) in [5.41, 5.74) is 3.56. The number of nitro groups is 1. The molecule has 1 atom stereocenters. The van der Waals surface area contributed by atoms with Crippen LogP contribution in [-0.4, -0.2) is 31.3 Å². The molecule has 2 aromatic carbocycles. The molecule has 0 amide bonds. The van der Waals surface area contributed by atoms with Crippen molar-refractivity contribution in [1.29, 1.82) is 0 Å². The van der Waals surface area contributed by atoms with Crippen LogP contribution in [0.1, 0.15) is 25.5 Å². The number of ether oxygens (including phenoxy) is 1. The highest BCUT2D eigenvalue weighted by molar-refractivity contribution is 6.36. The molecule has 1 N–H and O–H groups in total. The molecule has 12 heteroatoms. The normalized spacial score (nSPS) is 15.9. The van der Waals surface area contributed by atoms with E-state index in [1.165, 1.54) is 12.1 Å². The van der Waals surface area contributed by atoms with Crippen LogP contribution >= 0.6 is 11.6 Å². The van der Waals surface area contributed by atoms with Crippen LogP contribution in [0.4, 0.5) is 15.8 Å². The summed E-state index contributed by atoms with van der Waals surface area (Å²) >= 11 is 6.50. The fourth-order valence-corrected chi connectivity index (χ4v) is 3.92. The van der Waals surface area contributed by atoms with Crippen molar-refractivity contribution in [2.75, 3.05) is 12.1 Å². The Bertz CT molecular complexity index is 1380. The van der Waals surface area contributed by atoms with Crippen molar-refractivity contribution >= 4 is 34.0 Å². The van der Waals surface area contributed by atoms with Gasteiger partial charge < -0.3 is 9.57 Å². The van der Waals surface area contributed by atoms with Crippen molar-refractivity contribution in [2.24, 2.45) is 0 Å². The maximum Gasteiger partial charge on any atom is 0.298 e. The number of nitrogens with one attached hydrogen (secondary N) is 1. The first-order valence-electron chi connectivity index (χ1n) is 10.5. The Morgan fingerprint density at radius 1 is 1.26 bits per heavy atom. The second kappa shape index (κ2) is 9.20. The number of hydrogen-bond acceptors (Lipinski definition) is 8. The predicted octanol–water partition coefficient (Wildman–Crippen LogP) is 5.30. The SMILES string of the molecule is O=[N+]([O-])c1cccc(F)c1NOc1ccc2ncc(-c3cnn(C4CCCCO4)c3)nc2c1Cl. The molecule has 1 aliphatic heterocycles. The van der Waals surface area contributed by atoms with Crippen LogP contribution in [0.15, 0.2) is 48.9 Å². The van der Waals surface area contributed by atoms with Crippen LogP contribution in [0.3, 0.4) is 0 Å². The summed E-state index contributed by atoms with van der Waals surface area (Å²) < 4.78 is 21.7. The van der Waals surface area contributed by atoms with Gasteiger partial charge in [-0.2, -0.15) is 5.10 Å². The molecule has 1 unspecified atom stereocenters. The molecule has 10 nitrogen and oxygen atoms in total. The molecule has 5 rings (SSSR count). The van der Waals surface area contributed by atoms with E-state index in [1.807, 2.05) is 6.20 Å². The summed E-state index contributed by atoms with van der Waals surface area (Å²) in [6.07, 6.45) is 8.06. The topological polar surface area (TPSA) is 117 Å². The van der Waals surface area contributed by atoms with Gasteiger partial charge in [0.05, 0.1) is 28.5 Å². The molecule has 0 saturated carbocycles. The van der Waals surface area contributed by atoms with Crippen molar-refractivity contribution in [2.45, 2.75) is 25.5 Å². The number of nitrogens with zero attached hydrogens (tertiary/aromatic N) is 5. The molecule has 4 aromatic rings. The molecule has 2 aromatic heterocycles. The van der Waals surface area contributed by atoms with Gasteiger partial charge in [-0.05, 0) is 37.5 Å². The minimum Gasteiger partial charge on any atom is -0.380 e. The fraction of sp³-hybridized carbons (Fsp3) is 0.227. The summed E-state index contributed by atoms with van der Waals surface area (Å²) in [5.74, 6) is -0.739. The second-order valence-corrected chi connectivity index (χ2v) is 8.00. The van der Waals surface area contributed by atoms with Gasteiger partial charge in [-0.25, -0.2) is 19.5 Å². The van der Waals surface area contributed by atoms with Crippen molar-refractivity contribution in [3.63, 3.8) is 0 Å². The lowest BCUT2D eigenvalue weighted by Gasteiger charge is -2.22. The van der Waals surface area contributed by atoms with Gasteiger partial charge in [0.2, 0.25) is 0 Å². The van der Waals surface area contributed by atoms with E-state index in [0.717, 1.165) is 37.0 Å². The van der Waals surface area contributed by atoms with Gasteiger partial charge in [-0.15, -0.1) is 0 Å². The lowest BCUT2D eigenvalue weighted by Crippen LogP contribution is -2.18. The highest BCUT2D eigenvalue weighted by atomic mass is 35.5. The Morgan fingerprint density at radius 2 is 2.15 bits per heavy atom. The number of nitro benzene ring substituents is 1. The van der Waals surface area contributed by atoms with Crippen LogP contribution in [0.2, 0.25) is 5.02 Å². The zero-order valence-corrected chi connectivity index (χ0v) is 18.4. The second-order valence-electron chi connectivity index (χ2n) is 7.63. The van der Waals surface area contributed by atoms with E-state index >= 15 is 0 Å². The van der Waals surface area contributed by atoms with Crippen molar-refractivity contribution in [1.82, 2.24) is 19.7 Å². The van der Waals surface area contributed by atoms with Gasteiger partial charge in [-0.3, -0.25) is 15.1 Å². The summed E-state index contributed by atoms with van der Waals surface area (Å²) in [5, 5.41) is 15.7. The lowest BCUT2D eigenvalue weighted by atomic mass is 10.2. The smallest absolute Gasteiger partial charge is 0.298 e. The molecule has 1 fully saturated rings. The fourth-order valence-electron chi connectivity index (χ4n) is 3.68. The van der Waals surface area contributed by atoms with E-state index in [-0.39, 0.29) is 17.0 Å². The predicted molar refractivity (Wildman–Crippen MR) is 122 cm³/mol. The van der Waals surface area contributed by atoms with Crippen molar-refractivity contribution < 1.29 is 18.9 Å². The van der Waals surface area contributed by atoms with E-state index in [2.05, 4.69) is 20.5 Å². The van der Waals surface area contributed by atoms with Crippen LogP contribution in [0.5, 0.6) is 5.75 Å². The molecule has 174 valence electrons. The van der Waals surface area contributed by atoms with Crippen LogP contribution in [-0.2, 0) is 4.74 Å². The zero-order chi connectivity index (χ0) is 23.7. The van der Waals surface area contributed by atoms with Crippen LogP contribution in [0, 0.1) is 15.9 Å².